The first-order chi connectivity index (χ1) is 9.08. The van der Waals surface area contributed by atoms with E-state index < -0.39 is 0 Å². The van der Waals surface area contributed by atoms with Crippen molar-refractivity contribution >= 4 is 23.3 Å². The van der Waals surface area contributed by atoms with Gasteiger partial charge in [0.1, 0.15) is 0 Å². The summed E-state index contributed by atoms with van der Waals surface area (Å²) in [6, 6.07) is 3.88. The van der Waals surface area contributed by atoms with E-state index in [4.69, 9.17) is 11.6 Å². The van der Waals surface area contributed by atoms with Crippen LogP contribution in [0.4, 0.5) is 10.5 Å². The van der Waals surface area contributed by atoms with E-state index in [0.717, 1.165) is 42.7 Å². The van der Waals surface area contributed by atoms with Gasteiger partial charge in [-0.25, -0.2) is 4.79 Å². The number of benzene rings is 1. The Morgan fingerprint density at radius 2 is 1.79 bits per heavy atom. The van der Waals surface area contributed by atoms with Gasteiger partial charge in [-0.2, -0.15) is 0 Å². The molecule has 1 fully saturated rings. The summed E-state index contributed by atoms with van der Waals surface area (Å²) < 4.78 is 0. The maximum absolute atomic E-state index is 12.3. The summed E-state index contributed by atoms with van der Waals surface area (Å²) in [5.41, 5.74) is 2.85. The molecule has 4 heteroatoms. The number of halogens is 1. The van der Waals surface area contributed by atoms with Crippen LogP contribution in [-0.4, -0.2) is 24.0 Å². The van der Waals surface area contributed by atoms with Gasteiger partial charge in [-0.15, -0.1) is 0 Å². The molecular weight excluding hydrogens is 260 g/mol. The number of rotatable bonds is 1. The van der Waals surface area contributed by atoms with Crippen molar-refractivity contribution in [1.29, 1.82) is 0 Å². The second kappa shape index (κ2) is 6.29. The van der Waals surface area contributed by atoms with Crippen molar-refractivity contribution in [2.75, 3.05) is 18.4 Å². The standard InChI is InChI=1S/C15H21ClN2O/c1-11-9-12(2)14(13(16)10-11)17-15(19)18-7-5-3-4-6-8-18/h9-10H,3-8H2,1-2H3,(H,17,19). The molecule has 0 atom stereocenters. The van der Waals surface area contributed by atoms with Crippen molar-refractivity contribution in [3.63, 3.8) is 0 Å². The molecule has 1 aliphatic heterocycles. The van der Waals surface area contributed by atoms with Gasteiger partial charge in [-0.3, -0.25) is 0 Å². The zero-order valence-corrected chi connectivity index (χ0v) is 12.4. The second-order valence-electron chi connectivity index (χ2n) is 5.27. The summed E-state index contributed by atoms with van der Waals surface area (Å²) >= 11 is 6.22. The van der Waals surface area contributed by atoms with Crippen LogP contribution in [0.25, 0.3) is 0 Å². The van der Waals surface area contributed by atoms with Crippen molar-refractivity contribution in [1.82, 2.24) is 4.90 Å². The van der Waals surface area contributed by atoms with E-state index in [1.54, 1.807) is 0 Å². The van der Waals surface area contributed by atoms with Crippen molar-refractivity contribution in [2.24, 2.45) is 0 Å². The lowest BCUT2D eigenvalue weighted by atomic mass is 10.1. The molecule has 1 aromatic rings. The highest BCUT2D eigenvalue weighted by molar-refractivity contribution is 6.34. The summed E-state index contributed by atoms with van der Waals surface area (Å²) in [4.78, 5) is 14.2. The van der Waals surface area contributed by atoms with Gasteiger partial charge in [0.2, 0.25) is 0 Å². The Labute approximate surface area is 119 Å². The summed E-state index contributed by atoms with van der Waals surface area (Å²) in [5.74, 6) is 0. The highest BCUT2D eigenvalue weighted by Crippen LogP contribution is 2.27. The molecule has 104 valence electrons. The zero-order chi connectivity index (χ0) is 13.8. The Morgan fingerprint density at radius 1 is 1.16 bits per heavy atom. The first-order valence-electron chi connectivity index (χ1n) is 6.90. The molecule has 0 spiro atoms. The number of carbonyl (C=O) groups is 1. The first kappa shape index (κ1) is 14.2. The van der Waals surface area contributed by atoms with Crippen LogP contribution in [0.1, 0.15) is 36.8 Å². The minimum atomic E-state index is -0.0317. The van der Waals surface area contributed by atoms with Crippen LogP contribution >= 0.6 is 11.6 Å². The monoisotopic (exact) mass is 280 g/mol. The molecular formula is C15H21ClN2O. The Bertz CT molecular complexity index is 442. The molecule has 1 aliphatic rings. The Balaban J connectivity index is 2.10. The van der Waals surface area contributed by atoms with Gasteiger partial charge in [-0.1, -0.05) is 30.5 Å². The average molecular weight is 281 g/mol. The maximum atomic E-state index is 12.3. The molecule has 0 radical (unpaired) electrons. The smallest absolute Gasteiger partial charge is 0.321 e. The van der Waals surface area contributed by atoms with Gasteiger partial charge in [-0.05, 0) is 43.9 Å². The molecule has 1 N–H and O–H groups in total. The van der Waals surface area contributed by atoms with Crippen LogP contribution in [0.15, 0.2) is 12.1 Å². The van der Waals surface area contributed by atoms with Crippen molar-refractivity contribution in [2.45, 2.75) is 39.5 Å². The predicted octanol–water partition coefficient (Wildman–Crippen LogP) is 4.36. The average Bonchev–Trinajstić information content (AvgIpc) is 2.62. The molecule has 0 bridgehead atoms. The fourth-order valence-electron chi connectivity index (χ4n) is 2.53. The molecule has 0 unspecified atom stereocenters. The number of urea groups is 1. The van der Waals surface area contributed by atoms with E-state index in [0.29, 0.717) is 5.02 Å². The zero-order valence-electron chi connectivity index (χ0n) is 11.6. The van der Waals surface area contributed by atoms with E-state index in [2.05, 4.69) is 5.32 Å². The Kier molecular flexibility index (Phi) is 4.70. The lowest BCUT2D eigenvalue weighted by molar-refractivity contribution is 0.213. The molecule has 19 heavy (non-hydrogen) atoms. The number of anilines is 1. The predicted molar refractivity (Wildman–Crippen MR) is 80.0 cm³/mol. The fourth-order valence-corrected chi connectivity index (χ4v) is 2.90. The summed E-state index contributed by atoms with van der Waals surface area (Å²) in [6.45, 7) is 5.65. The number of nitrogens with one attached hydrogen (secondary N) is 1. The number of hydrogen-bond acceptors (Lipinski definition) is 1. The Hall–Kier alpha value is -1.22. The van der Waals surface area contributed by atoms with Gasteiger partial charge in [0.15, 0.2) is 0 Å². The van der Waals surface area contributed by atoms with Crippen LogP contribution in [0.2, 0.25) is 5.02 Å². The highest BCUT2D eigenvalue weighted by atomic mass is 35.5. The molecule has 0 saturated carbocycles. The van der Waals surface area contributed by atoms with Crippen molar-refractivity contribution in [3.8, 4) is 0 Å². The molecule has 2 rings (SSSR count). The summed E-state index contributed by atoms with van der Waals surface area (Å²) in [6.07, 6.45) is 4.62. The van der Waals surface area contributed by atoms with Gasteiger partial charge in [0.05, 0.1) is 10.7 Å². The summed E-state index contributed by atoms with van der Waals surface area (Å²) in [7, 11) is 0. The van der Waals surface area contributed by atoms with Crippen LogP contribution in [0.3, 0.4) is 0 Å². The van der Waals surface area contributed by atoms with Gasteiger partial charge < -0.3 is 10.2 Å². The number of amides is 2. The number of nitrogens with zero attached hydrogens (tertiary/aromatic N) is 1. The fraction of sp³-hybridized carbons (Fsp3) is 0.533. The highest BCUT2D eigenvalue weighted by Gasteiger charge is 2.17. The lowest BCUT2D eigenvalue weighted by Gasteiger charge is -2.22. The van der Waals surface area contributed by atoms with Gasteiger partial charge >= 0.3 is 6.03 Å². The first-order valence-corrected chi connectivity index (χ1v) is 7.28. The maximum Gasteiger partial charge on any atom is 0.321 e. The molecule has 0 aromatic heterocycles. The minimum absolute atomic E-state index is 0.0317. The third-order valence-corrected chi connectivity index (χ3v) is 3.86. The third kappa shape index (κ3) is 3.63. The molecule has 1 saturated heterocycles. The van der Waals surface area contributed by atoms with E-state index in [9.17, 15) is 4.79 Å². The Morgan fingerprint density at radius 3 is 2.37 bits per heavy atom. The number of likely N-dealkylation sites (tertiary alicyclic amines) is 1. The molecule has 3 nitrogen and oxygen atoms in total. The second-order valence-corrected chi connectivity index (χ2v) is 5.68. The van der Waals surface area contributed by atoms with E-state index in [-0.39, 0.29) is 6.03 Å². The number of aryl methyl sites for hydroxylation is 2. The minimum Gasteiger partial charge on any atom is -0.325 e. The summed E-state index contributed by atoms with van der Waals surface area (Å²) in [5, 5.41) is 3.57. The molecule has 0 aliphatic carbocycles. The van der Waals surface area contributed by atoms with Crippen LogP contribution < -0.4 is 5.32 Å². The molecule has 1 heterocycles. The van der Waals surface area contributed by atoms with E-state index in [1.165, 1.54) is 12.8 Å². The third-order valence-electron chi connectivity index (χ3n) is 3.56. The molecule has 1 aromatic carbocycles. The van der Waals surface area contributed by atoms with E-state index >= 15 is 0 Å². The van der Waals surface area contributed by atoms with Gasteiger partial charge in [0.25, 0.3) is 0 Å². The normalized spacial score (nSPS) is 16.1. The van der Waals surface area contributed by atoms with Crippen LogP contribution in [-0.2, 0) is 0 Å². The largest absolute Gasteiger partial charge is 0.325 e. The number of carbonyl (C=O) groups excluding carboxylic acids is 1. The SMILES string of the molecule is Cc1cc(C)c(NC(=O)N2CCCCCC2)c(Cl)c1. The van der Waals surface area contributed by atoms with Crippen molar-refractivity contribution in [3.05, 3.63) is 28.3 Å². The topological polar surface area (TPSA) is 32.3 Å². The van der Waals surface area contributed by atoms with Crippen molar-refractivity contribution < 1.29 is 4.79 Å². The quantitative estimate of drug-likeness (QED) is 0.814. The molecule has 2 amide bonds. The van der Waals surface area contributed by atoms with Gasteiger partial charge in [0, 0.05) is 13.1 Å². The van der Waals surface area contributed by atoms with Crippen LogP contribution in [0.5, 0.6) is 0 Å². The number of hydrogen-bond donors (Lipinski definition) is 1. The van der Waals surface area contributed by atoms with Crippen LogP contribution in [0, 0.1) is 13.8 Å². The lowest BCUT2D eigenvalue weighted by Crippen LogP contribution is -2.35. The van der Waals surface area contributed by atoms with E-state index in [1.807, 2.05) is 30.9 Å².